The average Bonchev–Trinajstić information content (AvgIpc) is 2.69. The average molecular weight is 431 g/mol. The van der Waals surface area contributed by atoms with Gasteiger partial charge in [-0.05, 0) is 57.0 Å². The molecule has 6 heteroatoms. The largest absolute Gasteiger partial charge is 0.444 e. The van der Waals surface area contributed by atoms with E-state index in [1.165, 1.54) is 5.56 Å². The van der Waals surface area contributed by atoms with Crippen LogP contribution in [-0.4, -0.2) is 34.7 Å². The molecular weight excluding hydrogens is 400 g/mol. The maximum absolute atomic E-state index is 12.1. The van der Waals surface area contributed by atoms with Crippen molar-refractivity contribution in [3.05, 3.63) is 71.8 Å². The van der Waals surface area contributed by atoms with Crippen molar-refractivity contribution >= 4 is 23.3 Å². The van der Waals surface area contributed by atoms with E-state index in [0.717, 1.165) is 22.5 Å². The Morgan fingerprint density at radius 1 is 1.09 bits per heavy atom. The lowest BCUT2D eigenvalue weighted by Gasteiger charge is -2.40. The second-order valence-electron chi connectivity index (χ2n) is 9.29. The van der Waals surface area contributed by atoms with Gasteiger partial charge in [0.05, 0.1) is 11.4 Å². The molecule has 166 valence electrons. The molecule has 0 atom stereocenters. The molecule has 3 N–H and O–H groups in total. The lowest BCUT2D eigenvalue weighted by atomic mass is 9.92. The summed E-state index contributed by atoms with van der Waals surface area (Å²) in [5.41, 5.74) is 11.5. The Kier molecular flexibility index (Phi) is 5.78. The number of aromatic nitrogens is 1. The van der Waals surface area contributed by atoms with Crippen molar-refractivity contribution in [3.63, 3.8) is 0 Å². The van der Waals surface area contributed by atoms with Crippen LogP contribution in [0.5, 0.6) is 0 Å². The highest BCUT2D eigenvalue weighted by Crippen LogP contribution is 2.32. The number of nitrogens with zero attached hydrogens (tertiary/aromatic N) is 2. The summed E-state index contributed by atoms with van der Waals surface area (Å²) in [7, 11) is 0. The van der Waals surface area contributed by atoms with E-state index in [2.05, 4.69) is 17.4 Å². The van der Waals surface area contributed by atoms with Crippen molar-refractivity contribution in [1.29, 1.82) is 0 Å². The molecule has 0 radical (unpaired) electrons. The summed E-state index contributed by atoms with van der Waals surface area (Å²) < 4.78 is 5.43. The Bertz CT molecular complexity index is 1100. The Balaban J connectivity index is 1.42. The van der Waals surface area contributed by atoms with Gasteiger partial charge >= 0.3 is 6.09 Å². The number of ether oxygens (including phenoxy) is 1. The van der Waals surface area contributed by atoms with Gasteiger partial charge in [-0.25, -0.2) is 9.78 Å². The summed E-state index contributed by atoms with van der Waals surface area (Å²) in [6, 6.07) is 20.3. The lowest BCUT2D eigenvalue weighted by Crippen LogP contribution is -2.50. The Morgan fingerprint density at radius 2 is 1.75 bits per heavy atom. The molecule has 0 bridgehead atoms. The number of aryl methyl sites for hydroxylation is 1. The Labute approximate surface area is 189 Å². The molecule has 32 heavy (non-hydrogen) atoms. The number of hydrogen-bond donors (Lipinski definition) is 2. The van der Waals surface area contributed by atoms with Crippen LogP contribution in [-0.2, 0) is 4.74 Å². The van der Waals surface area contributed by atoms with Gasteiger partial charge in [-0.2, -0.15) is 0 Å². The van der Waals surface area contributed by atoms with Crippen molar-refractivity contribution in [3.8, 4) is 11.3 Å². The van der Waals surface area contributed by atoms with E-state index in [9.17, 15) is 4.79 Å². The summed E-state index contributed by atoms with van der Waals surface area (Å²) in [6.07, 6.45) is -0.248. The minimum atomic E-state index is -0.471. The fraction of sp³-hybridized carbons (Fsp3) is 0.308. The molecule has 0 saturated carbocycles. The molecule has 1 saturated heterocycles. The molecule has 4 rings (SSSR count). The van der Waals surface area contributed by atoms with Gasteiger partial charge in [0.2, 0.25) is 0 Å². The monoisotopic (exact) mass is 430 g/mol. The predicted molar refractivity (Wildman–Crippen MR) is 129 cm³/mol. The second-order valence-corrected chi connectivity index (χ2v) is 9.29. The summed E-state index contributed by atoms with van der Waals surface area (Å²) >= 11 is 0. The molecule has 2 aromatic carbocycles. The first kappa shape index (κ1) is 21.7. The highest BCUT2D eigenvalue weighted by Gasteiger charge is 2.34. The Hall–Kier alpha value is -3.54. The maximum Gasteiger partial charge on any atom is 0.410 e. The van der Waals surface area contributed by atoms with Crippen molar-refractivity contribution in [1.82, 2.24) is 9.88 Å². The third-order valence-corrected chi connectivity index (χ3v) is 5.47. The fourth-order valence-electron chi connectivity index (χ4n) is 3.76. The summed E-state index contributed by atoms with van der Waals surface area (Å²) in [6.45, 7) is 9.01. The van der Waals surface area contributed by atoms with Crippen LogP contribution in [0.15, 0.2) is 60.7 Å². The number of nitrogens with one attached hydrogen (secondary N) is 1. The van der Waals surface area contributed by atoms with Gasteiger partial charge in [-0.3, -0.25) is 0 Å². The van der Waals surface area contributed by atoms with E-state index in [1.807, 2.05) is 76.2 Å². The zero-order chi connectivity index (χ0) is 22.9. The molecular formula is C26H30N4O2. The number of likely N-dealkylation sites (tertiary alicyclic amines) is 1. The molecule has 1 fully saturated rings. The number of anilines is 3. The zero-order valence-corrected chi connectivity index (χ0v) is 19.1. The topological polar surface area (TPSA) is 80.5 Å². The first-order valence-electron chi connectivity index (χ1n) is 10.9. The number of benzene rings is 2. The second kappa shape index (κ2) is 8.54. The smallest absolute Gasteiger partial charge is 0.410 e. The minimum Gasteiger partial charge on any atom is -0.444 e. The molecule has 1 aromatic heterocycles. The quantitative estimate of drug-likeness (QED) is 0.553. The molecule has 3 aromatic rings. The molecule has 6 nitrogen and oxygen atoms in total. The fourth-order valence-corrected chi connectivity index (χ4v) is 3.76. The third-order valence-electron chi connectivity index (χ3n) is 5.47. The van der Waals surface area contributed by atoms with Crippen LogP contribution in [0.1, 0.15) is 37.8 Å². The van der Waals surface area contributed by atoms with E-state index < -0.39 is 5.60 Å². The molecule has 0 unspecified atom stereocenters. The number of nitrogen functional groups attached to an aromatic ring is 1. The SMILES string of the molecule is Cc1cc(N)c(Nc2ccc(C3CN(C(=O)OC(C)(C)C)C3)cc2)nc1-c1ccccc1. The molecule has 1 amide bonds. The number of pyridine rings is 1. The standard InChI is InChI=1S/C26H30N4O2/c1-17-14-22(27)24(29-23(17)19-8-6-5-7-9-19)28-21-12-10-18(11-13-21)20-15-30(16-20)25(31)32-26(2,3)4/h5-14,20H,15-16,27H2,1-4H3,(H,28,29). The summed E-state index contributed by atoms with van der Waals surface area (Å²) in [5, 5.41) is 3.34. The van der Waals surface area contributed by atoms with Crippen molar-refractivity contribution in [2.24, 2.45) is 0 Å². The van der Waals surface area contributed by atoms with E-state index in [0.29, 0.717) is 30.5 Å². The number of nitrogens with two attached hydrogens (primary N) is 1. The number of hydrogen-bond acceptors (Lipinski definition) is 5. The first-order chi connectivity index (χ1) is 15.2. The summed E-state index contributed by atoms with van der Waals surface area (Å²) in [5.74, 6) is 0.964. The molecule has 0 spiro atoms. The summed E-state index contributed by atoms with van der Waals surface area (Å²) in [4.78, 5) is 18.7. The highest BCUT2D eigenvalue weighted by molar-refractivity contribution is 5.75. The number of carbonyl (C=O) groups is 1. The Morgan fingerprint density at radius 3 is 2.38 bits per heavy atom. The lowest BCUT2D eigenvalue weighted by molar-refractivity contribution is 0.00819. The van der Waals surface area contributed by atoms with Gasteiger partial charge in [0.15, 0.2) is 5.82 Å². The van der Waals surface area contributed by atoms with Gasteiger partial charge in [0.1, 0.15) is 5.60 Å². The molecule has 0 aliphatic carbocycles. The molecule has 2 heterocycles. The normalized spacial score (nSPS) is 14.1. The van der Waals surface area contributed by atoms with Crippen LogP contribution in [0.2, 0.25) is 0 Å². The number of rotatable bonds is 4. The maximum atomic E-state index is 12.1. The van der Waals surface area contributed by atoms with Gasteiger partial charge < -0.3 is 20.7 Å². The van der Waals surface area contributed by atoms with Crippen LogP contribution in [0.4, 0.5) is 22.0 Å². The van der Waals surface area contributed by atoms with Gasteiger partial charge in [0.25, 0.3) is 0 Å². The van der Waals surface area contributed by atoms with Crippen molar-refractivity contribution in [2.45, 2.75) is 39.2 Å². The van der Waals surface area contributed by atoms with E-state index in [1.54, 1.807) is 4.90 Å². The van der Waals surface area contributed by atoms with Crippen LogP contribution in [0.25, 0.3) is 11.3 Å². The number of carbonyl (C=O) groups excluding carboxylic acids is 1. The van der Waals surface area contributed by atoms with Crippen LogP contribution >= 0.6 is 0 Å². The number of amides is 1. The van der Waals surface area contributed by atoms with Crippen molar-refractivity contribution in [2.75, 3.05) is 24.1 Å². The molecule has 1 aliphatic heterocycles. The van der Waals surface area contributed by atoms with E-state index >= 15 is 0 Å². The van der Waals surface area contributed by atoms with Gasteiger partial charge in [-0.15, -0.1) is 0 Å². The minimum absolute atomic E-state index is 0.248. The predicted octanol–water partition coefficient (Wildman–Crippen LogP) is 5.72. The van der Waals surface area contributed by atoms with E-state index in [-0.39, 0.29) is 6.09 Å². The third kappa shape index (κ3) is 4.85. The van der Waals surface area contributed by atoms with Crippen LogP contribution in [0, 0.1) is 6.92 Å². The molecule has 1 aliphatic rings. The van der Waals surface area contributed by atoms with E-state index in [4.69, 9.17) is 15.5 Å². The van der Waals surface area contributed by atoms with Crippen LogP contribution < -0.4 is 11.1 Å². The van der Waals surface area contributed by atoms with Gasteiger partial charge in [0, 0.05) is 30.3 Å². The van der Waals surface area contributed by atoms with Crippen LogP contribution in [0.3, 0.4) is 0 Å². The van der Waals surface area contributed by atoms with Crippen molar-refractivity contribution < 1.29 is 9.53 Å². The van der Waals surface area contributed by atoms with Gasteiger partial charge in [-0.1, -0.05) is 42.5 Å². The highest BCUT2D eigenvalue weighted by atomic mass is 16.6. The zero-order valence-electron chi connectivity index (χ0n) is 19.1. The first-order valence-corrected chi connectivity index (χ1v) is 10.9.